The molecule has 2 heterocycles. The van der Waals surface area contributed by atoms with Gasteiger partial charge in [0.15, 0.2) is 9.84 Å². The molecule has 0 aliphatic heterocycles. The Labute approximate surface area is 163 Å². The molecular formula is C19H13N3O6S. The Morgan fingerprint density at radius 1 is 1.00 bits per heavy atom. The highest BCUT2D eigenvalue weighted by molar-refractivity contribution is 7.90. The minimum Gasteiger partial charge on any atom is -0.422 e. The van der Waals surface area contributed by atoms with Gasteiger partial charge in [0.05, 0.1) is 4.90 Å². The van der Waals surface area contributed by atoms with Crippen molar-refractivity contribution in [2.75, 3.05) is 11.6 Å². The van der Waals surface area contributed by atoms with E-state index in [2.05, 4.69) is 15.5 Å². The van der Waals surface area contributed by atoms with Crippen molar-refractivity contribution in [1.82, 2.24) is 10.2 Å². The molecule has 9 nitrogen and oxygen atoms in total. The molecule has 10 heteroatoms. The van der Waals surface area contributed by atoms with E-state index >= 15 is 0 Å². The van der Waals surface area contributed by atoms with Gasteiger partial charge in [-0.2, -0.15) is 0 Å². The fourth-order valence-corrected chi connectivity index (χ4v) is 3.25. The summed E-state index contributed by atoms with van der Waals surface area (Å²) in [5.41, 5.74) is -0.166. The number of aromatic nitrogens is 2. The molecule has 0 atom stereocenters. The molecule has 29 heavy (non-hydrogen) atoms. The molecule has 0 radical (unpaired) electrons. The molecule has 0 saturated carbocycles. The van der Waals surface area contributed by atoms with Gasteiger partial charge in [-0.1, -0.05) is 23.3 Å². The Morgan fingerprint density at radius 3 is 2.45 bits per heavy atom. The van der Waals surface area contributed by atoms with E-state index in [0.29, 0.717) is 16.5 Å². The summed E-state index contributed by atoms with van der Waals surface area (Å²) in [5, 5.41) is 10.5. The molecule has 1 amide bonds. The predicted octanol–water partition coefficient (Wildman–Crippen LogP) is 2.50. The van der Waals surface area contributed by atoms with Crippen molar-refractivity contribution in [2.45, 2.75) is 4.90 Å². The van der Waals surface area contributed by atoms with Gasteiger partial charge in [-0.25, -0.2) is 13.2 Å². The number of benzene rings is 2. The summed E-state index contributed by atoms with van der Waals surface area (Å²) in [6.07, 6.45) is 1.10. The zero-order valence-electron chi connectivity index (χ0n) is 14.9. The number of rotatable bonds is 4. The highest BCUT2D eigenvalue weighted by atomic mass is 32.2. The number of hydrogen-bond donors (Lipinski definition) is 1. The first-order valence-electron chi connectivity index (χ1n) is 8.29. The van der Waals surface area contributed by atoms with E-state index in [-0.39, 0.29) is 22.4 Å². The first-order valence-corrected chi connectivity index (χ1v) is 10.2. The van der Waals surface area contributed by atoms with Crippen LogP contribution in [-0.2, 0) is 9.84 Å². The molecule has 146 valence electrons. The highest BCUT2D eigenvalue weighted by Crippen LogP contribution is 2.22. The van der Waals surface area contributed by atoms with Crippen molar-refractivity contribution < 1.29 is 22.0 Å². The molecule has 1 N–H and O–H groups in total. The Balaban J connectivity index is 1.57. The van der Waals surface area contributed by atoms with Crippen LogP contribution < -0.4 is 10.9 Å². The van der Waals surface area contributed by atoms with E-state index < -0.39 is 21.4 Å². The molecular weight excluding hydrogens is 398 g/mol. The average molecular weight is 411 g/mol. The lowest BCUT2D eigenvalue weighted by Crippen LogP contribution is -2.20. The molecule has 0 bridgehead atoms. The van der Waals surface area contributed by atoms with Crippen molar-refractivity contribution >= 4 is 32.7 Å². The number of carbonyl (C=O) groups is 1. The van der Waals surface area contributed by atoms with Crippen molar-refractivity contribution in [3.8, 4) is 11.5 Å². The minimum absolute atomic E-state index is 0.0749. The number of amides is 1. The predicted molar refractivity (Wildman–Crippen MR) is 103 cm³/mol. The lowest BCUT2D eigenvalue weighted by Gasteiger charge is -2.01. The zero-order chi connectivity index (χ0) is 20.6. The second-order valence-corrected chi connectivity index (χ2v) is 8.16. The van der Waals surface area contributed by atoms with Gasteiger partial charge in [-0.05, 0) is 36.4 Å². The maximum Gasteiger partial charge on any atom is 0.349 e. The van der Waals surface area contributed by atoms with Gasteiger partial charge in [-0.15, -0.1) is 5.10 Å². The number of anilines is 1. The first kappa shape index (κ1) is 18.6. The van der Waals surface area contributed by atoms with Gasteiger partial charge < -0.3 is 8.83 Å². The van der Waals surface area contributed by atoms with E-state index in [4.69, 9.17) is 8.83 Å². The van der Waals surface area contributed by atoms with E-state index in [1.54, 1.807) is 24.3 Å². The number of nitrogens with one attached hydrogen (secondary N) is 1. The molecule has 4 rings (SSSR count). The van der Waals surface area contributed by atoms with E-state index in [9.17, 15) is 18.0 Å². The molecule has 2 aromatic carbocycles. The smallest absolute Gasteiger partial charge is 0.349 e. The Hall–Kier alpha value is -3.79. The number of nitrogens with zero attached hydrogens (tertiary/aromatic N) is 2. The topological polar surface area (TPSA) is 132 Å². The van der Waals surface area contributed by atoms with Crippen LogP contribution in [0, 0.1) is 0 Å². The normalized spacial score (nSPS) is 11.5. The van der Waals surface area contributed by atoms with Crippen LogP contribution in [0.3, 0.4) is 0 Å². The highest BCUT2D eigenvalue weighted by Gasteiger charge is 2.17. The van der Waals surface area contributed by atoms with Crippen LogP contribution in [-0.4, -0.2) is 30.8 Å². The maximum absolute atomic E-state index is 12.4. The zero-order valence-corrected chi connectivity index (χ0v) is 15.8. The molecule has 0 aliphatic rings. The summed E-state index contributed by atoms with van der Waals surface area (Å²) in [6.45, 7) is 0. The molecule has 0 unspecified atom stereocenters. The number of para-hydroxylation sites is 1. The van der Waals surface area contributed by atoms with Gasteiger partial charge in [0.2, 0.25) is 5.89 Å². The average Bonchev–Trinajstić information content (AvgIpc) is 3.15. The van der Waals surface area contributed by atoms with Gasteiger partial charge in [-0.3, -0.25) is 10.1 Å². The quantitative estimate of drug-likeness (QED) is 0.507. The maximum atomic E-state index is 12.4. The lowest BCUT2D eigenvalue weighted by molar-refractivity contribution is 0.102. The number of sulfone groups is 1. The summed E-state index contributed by atoms with van der Waals surface area (Å²) < 4.78 is 33.5. The summed E-state index contributed by atoms with van der Waals surface area (Å²) in [5.74, 6) is -0.682. The van der Waals surface area contributed by atoms with Crippen LogP contribution in [0.5, 0.6) is 0 Å². The van der Waals surface area contributed by atoms with Gasteiger partial charge in [0, 0.05) is 17.2 Å². The molecule has 2 aromatic heterocycles. The fourth-order valence-electron chi connectivity index (χ4n) is 2.62. The van der Waals surface area contributed by atoms with Crippen molar-refractivity contribution in [1.29, 1.82) is 0 Å². The van der Waals surface area contributed by atoms with Gasteiger partial charge in [0.25, 0.3) is 5.91 Å². The van der Waals surface area contributed by atoms with Gasteiger partial charge in [0.1, 0.15) is 11.1 Å². The Kier molecular flexibility index (Phi) is 4.47. The van der Waals surface area contributed by atoms with Crippen LogP contribution >= 0.6 is 0 Å². The summed E-state index contributed by atoms with van der Waals surface area (Å²) in [4.78, 5) is 24.6. The van der Waals surface area contributed by atoms with Crippen LogP contribution in [0.25, 0.3) is 22.4 Å². The first-order chi connectivity index (χ1) is 13.8. The number of carbonyl (C=O) groups excluding carboxylic acids is 1. The standard InChI is InChI=1S/C19H13N3O6S/c1-29(25,26)13-8-6-11(7-9-13)17-21-22-19(28-17)20-16(23)14-10-12-4-2-3-5-15(12)27-18(14)24/h2-10H,1H3,(H,20,22,23). The molecule has 0 spiro atoms. The monoisotopic (exact) mass is 411 g/mol. The molecule has 4 aromatic rings. The second-order valence-electron chi connectivity index (χ2n) is 6.15. The van der Waals surface area contributed by atoms with Gasteiger partial charge >= 0.3 is 11.6 Å². The van der Waals surface area contributed by atoms with Crippen LogP contribution in [0.4, 0.5) is 6.01 Å². The summed E-state index contributed by atoms with van der Waals surface area (Å²) in [6, 6.07) is 13.8. The third-order valence-corrected chi connectivity index (χ3v) is 5.19. The Morgan fingerprint density at radius 2 is 1.72 bits per heavy atom. The van der Waals surface area contributed by atoms with Crippen molar-refractivity contribution in [3.05, 3.63) is 70.6 Å². The largest absolute Gasteiger partial charge is 0.422 e. The third-order valence-electron chi connectivity index (χ3n) is 4.06. The van der Waals surface area contributed by atoms with Crippen LogP contribution in [0.15, 0.2) is 73.1 Å². The lowest BCUT2D eigenvalue weighted by atomic mass is 10.2. The SMILES string of the molecule is CS(=O)(=O)c1ccc(-c2nnc(NC(=O)c3cc4ccccc4oc3=O)o2)cc1. The summed E-state index contributed by atoms with van der Waals surface area (Å²) in [7, 11) is -3.33. The molecule has 0 saturated heterocycles. The fraction of sp³-hybridized carbons (Fsp3) is 0.0526. The van der Waals surface area contributed by atoms with E-state index in [1.165, 1.54) is 30.3 Å². The Bertz CT molecular complexity index is 1390. The van der Waals surface area contributed by atoms with E-state index in [0.717, 1.165) is 6.26 Å². The minimum atomic E-state index is -3.33. The van der Waals surface area contributed by atoms with Crippen LogP contribution in [0.1, 0.15) is 10.4 Å². The van der Waals surface area contributed by atoms with Crippen LogP contribution in [0.2, 0.25) is 0 Å². The molecule has 0 aliphatic carbocycles. The third kappa shape index (κ3) is 3.78. The summed E-state index contributed by atoms with van der Waals surface area (Å²) >= 11 is 0. The van der Waals surface area contributed by atoms with Crippen molar-refractivity contribution in [2.24, 2.45) is 0 Å². The number of fused-ring (bicyclic) bond motifs is 1. The van der Waals surface area contributed by atoms with Crippen molar-refractivity contribution in [3.63, 3.8) is 0 Å². The second kappa shape index (κ2) is 6.99. The molecule has 0 fully saturated rings. The van der Waals surface area contributed by atoms with E-state index in [1.807, 2.05) is 0 Å². The number of hydrogen-bond acceptors (Lipinski definition) is 8.